The van der Waals surface area contributed by atoms with E-state index in [0.717, 1.165) is 18.7 Å². The zero-order valence-electron chi connectivity index (χ0n) is 9.74. The fourth-order valence-electron chi connectivity index (χ4n) is 2.34. The fourth-order valence-corrected chi connectivity index (χ4v) is 2.67. The van der Waals surface area contributed by atoms with Gasteiger partial charge in [-0.15, -0.1) is 0 Å². The topological polar surface area (TPSA) is 36.4 Å². The standard InChI is InChI=1S/C12H16Cl2N2O/c1-8-4-5-16(11(8)7-17)6-10-9(13)2-3-12(14)15-10/h2-3,8,11,17H,4-7H2,1H3. The predicted molar refractivity (Wildman–Crippen MR) is 69.3 cm³/mol. The van der Waals surface area contributed by atoms with E-state index < -0.39 is 0 Å². The normalized spacial score (nSPS) is 25.4. The molecule has 0 amide bonds. The van der Waals surface area contributed by atoms with Crippen LogP contribution in [0.5, 0.6) is 0 Å². The Morgan fingerprint density at radius 3 is 2.94 bits per heavy atom. The molecule has 0 radical (unpaired) electrons. The van der Waals surface area contributed by atoms with Crippen LogP contribution in [0.15, 0.2) is 12.1 Å². The first-order valence-corrected chi connectivity index (χ1v) is 6.53. The molecule has 0 bridgehead atoms. The van der Waals surface area contributed by atoms with E-state index in [4.69, 9.17) is 23.2 Å². The van der Waals surface area contributed by atoms with Gasteiger partial charge in [0.1, 0.15) is 5.15 Å². The Bertz CT molecular complexity index is 400. The number of nitrogens with zero attached hydrogens (tertiary/aromatic N) is 2. The van der Waals surface area contributed by atoms with Gasteiger partial charge in [-0.1, -0.05) is 30.1 Å². The molecule has 2 heterocycles. The molecule has 2 unspecified atom stereocenters. The highest BCUT2D eigenvalue weighted by Crippen LogP contribution is 2.27. The van der Waals surface area contributed by atoms with E-state index in [1.807, 2.05) is 0 Å². The molecule has 0 spiro atoms. The summed E-state index contributed by atoms with van der Waals surface area (Å²) in [7, 11) is 0. The SMILES string of the molecule is CC1CCN(Cc2nc(Cl)ccc2Cl)C1CO. The maximum absolute atomic E-state index is 9.39. The average Bonchev–Trinajstić information content (AvgIpc) is 2.64. The molecule has 0 saturated carbocycles. The molecule has 5 heteroatoms. The van der Waals surface area contributed by atoms with Crippen LogP contribution in [-0.2, 0) is 6.54 Å². The summed E-state index contributed by atoms with van der Waals surface area (Å²) < 4.78 is 0. The highest BCUT2D eigenvalue weighted by molar-refractivity contribution is 6.32. The Labute approximate surface area is 111 Å². The number of hydrogen-bond acceptors (Lipinski definition) is 3. The first-order chi connectivity index (χ1) is 8.11. The second-order valence-corrected chi connectivity index (χ2v) is 5.34. The van der Waals surface area contributed by atoms with Crippen molar-refractivity contribution in [2.24, 2.45) is 5.92 Å². The molecule has 17 heavy (non-hydrogen) atoms. The van der Waals surface area contributed by atoms with Crippen molar-refractivity contribution >= 4 is 23.2 Å². The van der Waals surface area contributed by atoms with Gasteiger partial charge in [0.15, 0.2) is 0 Å². The van der Waals surface area contributed by atoms with Crippen LogP contribution in [0.4, 0.5) is 0 Å². The Balaban J connectivity index is 2.12. The van der Waals surface area contributed by atoms with Crippen LogP contribution < -0.4 is 0 Å². The van der Waals surface area contributed by atoms with E-state index in [2.05, 4.69) is 16.8 Å². The van der Waals surface area contributed by atoms with Crippen molar-refractivity contribution < 1.29 is 5.11 Å². The lowest BCUT2D eigenvalue weighted by atomic mass is 10.0. The van der Waals surface area contributed by atoms with Gasteiger partial charge >= 0.3 is 0 Å². The summed E-state index contributed by atoms with van der Waals surface area (Å²) in [5, 5.41) is 10.5. The van der Waals surface area contributed by atoms with E-state index in [1.54, 1.807) is 12.1 Å². The van der Waals surface area contributed by atoms with Crippen molar-refractivity contribution in [3.05, 3.63) is 28.0 Å². The third-order valence-electron chi connectivity index (χ3n) is 3.42. The lowest BCUT2D eigenvalue weighted by Gasteiger charge is -2.24. The molecular weight excluding hydrogens is 259 g/mol. The number of aliphatic hydroxyl groups excluding tert-OH is 1. The van der Waals surface area contributed by atoms with Gasteiger partial charge in [0.2, 0.25) is 0 Å². The van der Waals surface area contributed by atoms with Crippen molar-refractivity contribution in [2.75, 3.05) is 13.2 Å². The number of pyridine rings is 1. The second kappa shape index (κ2) is 5.53. The van der Waals surface area contributed by atoms with Gasteiger partial charge in [-0.2, -0.15) is 0 Å². The van der Waals surface area contributed by atoms with Crippen LogP contribution in [0.2, 0.25) is 10.2 Å². The summed E-state index contributed by atoms with van der Waals surface area (Å²) in [4.78, 5) is 6.46. The lowest BCUT2D eigenvalue weighted by Crippen LogP contribution is -2.35. The molecule has 94 valence electrons. The van der Waals surface area contributed by atoms with Crippen molar-refractivity contribution in [3.63, 3.8) is 0 Å². The Hall–Kier alpha value is -0.350. The van der Waals surface area contributed by atoms with E-state index in [9.17, 15) is 5.11 Å². The smallest absolute Gasteiger partial charge is 0.129 e. The van der Waals surface area contributed by atoms with Gasteiger partial charge in [0.25, 0.3) is 0 Å². The zero-order valence-corrected chi connectivity index (χ0v) is 11.2. The first kappa shape index (κ1) is 13.1. The summed E-state index contributed by atoms with van der Waals surface area (Å²) in [6, 6.07) is 3.65. The highest BCUT2D eigenvalue weighted by atomic mass is 35.5. The summed E-state index contributed by atoms with van der Waals surface area (Å²) >= 11 is 12.0. The highest BCUT2D eigenvalue weighted by Gasteiger charge is 2.30. The van der Waals surface area contributed by atoms with Crippen LogP contribution in [-0.4, -0.2) is 34.2 Å². The number of likely N-dealkylation sites (tertiary alicyclic amines) is 1. The largest absolute Gasteiger partial charge is 0.395 e. The first-order valence-electron chi connectivity index (χ1n) is 5.77. The minimum Gasteiger partial charge on any atom is -0.395 e. The number of halogens is 2. The molecule has 1 aromatic heterocycles. The summed E-state index contributed by atoms with van der Waals surface area (Å²) in [6.45, 7) is 3.96. The van der Waals surface area contributed by atoms with Crippen molar-refractivity contribution in [3.8, 4) is 0 Å². The van der Waals surface area contributed by atoms with Crippen molar-refractivity contribution in [2.45, 2.75) is 25.9 Å². The minimum atomic E-state index is 0.180. The van der Waals surface area contributed by atoms with E-state index in [-0.39, 0.29) is 12.6 Å². The van der Waals surface area contributed by atoms with Gasteiger partial charge < -0.3 is 5.11 Å². The fraction of sp³-hybridized carbons (Fsp3) is 0.583. The second-order valence-electron chi connectivity index (χ2n) is 4.55. The number of hydrogen-bond donors (Lipinski definition) is 1. The molecule has 2 rings (SSSR count). The molecule has 2 atom stereocenters. The van der Waals surface area contributed by atoms with Gasteiger partial charge in [-0.05, 0) is 31.0 Å². The molecule has 0 aliphatic carbocycles. The van der Waals surface area contributed by atoms with Gasteiger partial charge in [-0.25, -0.2) is 4.98 Å². The summed E-state index contributed by atoms with van der Waals surface area (Å²) in [5.74, 6) is 0.512. The van der Waals surface area contributed by atoms with Crippen LogP contribution in [0.25, 0.3) is 0 Å². The molecule has 0 aromatic carbocycles. The predicted octanol–water partition coefficient (Wildman–Crippen LogP) is 2.59. The molecule has 1 aliphatic rings. The van der Waals surface area contributed by atoms with Gasteiger partial charge in [-0.3, -0.25) is 4.90 Å². The van der Waals surface area contributed by atoms with E-state index in [0.29, 0.717) is 22.6 Å². The summed E-state index contributed by atoms with van der Waals surface area (Å²) in [5.41, 5.74) is 0.784. The Kier molecular flexibility index (Phi) is 4.26. The van der Waals surface area contributed by atoms with E-state index in [1.165, 1.54) is 0 Å². The molecule has 1 saturated heterocycles. The molecule has 1 aromatic rings. The molecule has 3 nitrogen and oxygen atoms in total. The Morgan fingerprint density at radius 1 is 1.47 bits per heavy atom. The third-order valence-corrected chi connectivity index (χ3v) is 3.98. The van der Waals surface area contributed by atoms with Crippen LogP contribution >= 0.6 is 23.2 Å². The maximum Gasteiger partial charge on any atom is 0.129 e. The molecule has 1 N–H and O–H groups in total. The van der Waals surface area contributed by atoms with Gasteiger partial charge in [0.05, 0.1) is 17.3 Å². The number of aliphatic hydroxyl groups is 1. The van der Waals surface area contributed by atoms with Gasteiger partial charge in [0, 0.05) is 12.6 Å². The molecule has 1 aliphatic heterocycles. The minimum absolute atomic E-state index is 0.180. The maximum atomic E-state index is 9.39. The lowest BCUT2D eigenvalue weighted by molar-refractivity contribution is 0.133. The van der Waals surface area contributed by atoms with Crippen LogP contribution in [0, 0.1) is 5.92 Å². The van der Waals surface area contributed by atoms with Crippen LogP contribution in [0.3, 0.4) is 0 Å². The third kappa shape index (κ3) is 2.91. The van der Waals surface area contributed by atoms with E-state index >= 15 is 0 Å². The number of rotatable bonds is 3. The average molecular weight is 275 g/mol. The van der Waals surface area contributed by atoms with Crippen LogP contribution in [0.1, 0.15) is 19.0 Å². The molecular formula is C12H16Cl2N2O. The summed E-state index contributed by atoms with van der Waals surface area (Å²) in [6.07, 6.45) is 1.10. The quantitative estimate of drug-likeness (QED) is 0.861. The van der Waals surface area contributed by atoms with Crippen molar-refractivity contribution in [1.82, 2.24) is 9.88 Å². The Morgan fingerprint density at radius 2 is 2.24 bits per heavy atom. The zero-order chi connectivity index (χ0) is 12.4. The molecule has 1 fully saturated rings. The van der Waals surface area contributed by atoms with Crippen molar-refractivity contribution in [1.29, 1.82) is 0 Å². The number of aromatic nitrogens is 1. The monoisotopic (exact) mass is 274 g/mol.